The highest BCUT2D eigenvalue weighted by molar-refractivity contribution is 5.75. The standard InChI is InChI=1S/C22H29NO2/c1-17(2)21-15-22(11-14-25-21,19-8-6-18(3)7-9-19)10-12-23-16-20-5-4-13-24-20/h4-9,13,16-17,21H,10-12,14-15H2,1-3H3/t21-,22-/m0/s1. The second-order valence-corrected chi connectivity index (χ2v) is 7.55. The van der Waals surface area contributed by atoms with Crippen molar-refractivity contribution in [2.75, 3.05) is 13.2 Å². The number of rotatable bonds is 6. The number of ether oxygens (including phenoxy) is 1. The number of aliphatic imine (C=N–C) groups is 1. The highest BCUT2D eigenvalue weighted by Crippen LogP contribution is 2.42. The maximum absolute atomic E-state index is 6.05. The Morgan fingerprint density at radius 3 is 2.72 bits per heavy atom. The first-order valence-corrected chi connectivity index (χ1v) is 9.31. The third-order valence-electron chi connectivity index (χ3n) is 5.39. The second kappa shape index (κ2) is 8.01. The van der Waals surface area contributed by atoms with Crippen molar-refractivity contribution < 1.29 is 9.15 Å². The van der Waals surface area contributed by atoms with E-state index in [1.807, 2.05) is 18.3 Å². The zero-order chi connectivity index (χ0) is 17.7. The van der Waals surface area contributed by atoms with Crippen molar-refractivity contribution in [2.24, 2.45) is 10.9 Å². The Hall–Kier alpha value is -1.87. The van der Waals surface area contributed by atoms with E-state index in [1.54, 1.807) is 6.26 Å². The molecule has 0 saturated carbocycles. The molecular formula is C22H29NO2. The lowest BCUT2D eigenvalue weighted by atomic mass is 9.68. The fourth-order valence-corrected chi connectivity index (χ4v) is 3.72. The van der Waals surface area contributed by atoms with E-state index in [0.29, 0.717) is 12.0 Å². The molecule has 25 heavy (non-hydrogen) atoms. The first-order chi connectivity index (χ1) is 12.1. The van der Waals surface area contributed by atoms with E-state index in [4.69, 9.17) is 9.15 Å². The third kappa shape index (κ3) is 4.40. The molecule has 1 fully saturated rings. The average Bonchev–Trinajstić information content (AvgIpc) is 3.13. The van der Waals surface area contributed by atoms with E-state index in [2.05, 4.69) is 50.0 Å². The molecule has 2 heterocycles. The van der Waals surface area contributed by atoms with Crippen LogP contribution in [0.5, 0.6) is 0 Å². The monoisotopic (exact) mass is 339 g/mol. The van der Waals surface area contributed by atoms with Gasteiger partial charge in [0, 0.05) is 18.6 Å². The molecule has 1 aromatic carbocycles. The molecule has 3 rings (SSSR count). The summed E-state index contributed by atoms with van der Waals surface area (Å²) in [7, 11) is 0. The molecule has 0 N–H and O–H groups in total. The Morgan fingerprint density at radius 2 is 2.04 bits per heavy atom. The van der Waals surface area contributed by atoms with Gasteiger partial charge in [0.25, 0.3) is 0 Å². The zero-order valence-electron chi connectivity index (χ0n) is 15.6. The molecule has 1 aliphatic heterocycles. The molecule has 0 radical (unpaired) electrons. The van der Waals surface area contributed by atoms with Crippen LogP contribution in [0.3, 0.4) is 0 Å². The Balaban J connectivity index is 1.77. The predicted molar refractivity (Wildman–Crippen MR) is 102 cm³/mol. The van der Waals surface area contributed by atoms with E-state index in [9.17, 15) is 0 Å². The van der Waals surface area contributed by atoms with Crippen molar-refractivity contribution in [1.29, 1.82) is 0 Å². The molecule has 2 atom stereocenters. The van der Waals surface area contributed by atoms with Gasteiger partial charge in [0.2, 0.25) is 0 Å². The lowest BCUT2D eigenvalue weighted by molar-refractivity contribution is -0.0464. The van der Waals surface area contributed by atoms with Gasteiger partial charge in [-0.2, -0.15) is 0 Å². The summed E-state index contributed by atoms with van der Waals surface area (Å²) in [6.45, 7) is 8.29. The lowest BCUT2D eigenvalue weighted by Crippen LogP contribution is -2.41. The van der Waals surface area contributed by atoms with E-state index in [1.165, 1.54) is 11.1 Å². The zero-order valence-corrected chi connectivity index (χ0v) is 15.6. The number of hydrogen-bond donors (Lipinski definition) is 0. The maximum Gasteiger partial charge on any atom is 0.144 e. The van der Waals surface area contributed by atoms with Crippen molar-refractivity contribution in [3.05, 3.63) is 59.5 Å². The molecule has 3 heteroatoms. The van der Waals surface area contributed by atoms with Crippen LogP contribution < -0.4 is 0 Å². The average molecular weight is 339 g/mol. The van der Waals surface area contributed by atoms with Crippen LogP contribution in [0.15, 0.2) is 52.1 Å². The smallest absolute Gasteiger partial charge is 0.144 e. The van der Waals surface area contributed by atoms with Gasteiger partial charge < -0.3 is 9.15 Å². The van der Waals surface area contributed by atoms with Gasteiger partial charge in [-0.25, -0.2) is 0 Å². The van der Waals surface area contributed by atoms with Crippen molar-refractivity contribution in [3.8, 4) is 0 Å². The minimum absolute atomic E-state index is 0.154. The largest absolute Gasteiger partial charge is 0.463 e. The summed E-state index contributed by atoms with van der Waals surface area (Å²) in [5.41, 5.74) is 2.89. The molecule has 0 unspecified atom stereocenters. The summed E-state index contributed by atoms with van der Waals surface area (Å²) >= 11 is 0. The molecule has 134 valence electrons. The molecule has 1 saturated heterocycles. The van der Waals surface area contributed by atoms with E-state index in [0.717, 1.165) is 38.2 Å². The second-order valence-electron chi connectivity index (χ2n) is 7.55. The summed E-state index contributed by atoms with van der Waals surface area (Å²) in [5, 5.41) is 0. The Labute approximate surface area is 151 Å². The normalized spacial score (nSPS) is 24.2. The highest BCUT2D eigenvalue weighted by atomic mass is 16.5. The molecular weight excluding hydrogens is 310 g/mol. The maximum atomic E-state index is 6.05. The van der Waals surface area contributed by atoms with Gasteiger partial charge in [0.05, 0.1) is 18.6 Å². The van der Waals surface area contributed by atoms with Gasteiger partial charge >= 0.3 is 0 Å². The van der Waals surface area contributed by atoms with E-state index < -0.39 is 0 Å². The van der Waals surface area contributed by atoms with Crippen molar-refractivity contribution in [3.63, 3.8) is 0 Å². The number of furan rings is 1. The third-order valence-corrected chi connectivity index (χ3v) is 5.39. The first kappa shape index (κ1) is 17.9. The summed E-state index contributed by atoms with van der Waals surface area (Å²) < 4.78 is 11.4. The van der Waals surface area contributed by atoms with E-state index in [-0.39, 0.29) is 5.41 Å². The molecule has 3 nitrogen and oxygen atoms in total. The van der Waals surface area contributed by atoms with Gasteiger partial charge in [0.15, 0.2) is 0 Å². The SMILES string of the molecule is Cc1ccc([C@@]2(CCN=Cc3ccco3)CCO[C@H](C(C)C)C2)cc1. The fourth-order valence-electron chi connectivity index (χ4n) is 3.72. The van der Waals surface area contributed by atoms with Gasteiger partial charge in [-0.1, -0.05) is 43.7 Å². The van der Waals surface area contributed by atoms with Crippen molar-refractivity contribution >= 4 is 6.21 Å². The van der Waals surface area contributed by atoms with Crippen LogP contribution in [-0.2, 0) is 10.2 Å². The summed E-state index contributed by atoms with van der Waals surface area (Å²) in [6, 6.07) is 12.9. The topological polar surface area (TPSA) is 34.7 Å². The molecule has 1 aromatic heterocycles. The van der Waals surface area contributed by atoms with Crippen LogP contribution in [0.4, 0.5) is 0 Å². The van der Waals surface area contributed by atoms with Gasteiger partial charge in [-0.3, -0.25) is 4.99 Å². The Morgan fingerprint density at radius 1 is 1.24 bits per heavy atom. The molecule has 2 aromatic rings. The number of nitrogens with zero attached hydrogens (tertiary/aromatic N) is 1. The van der Waals surface area contributed by atoms with Crippen LogP contribution >= 0.6 is 0 Å². The summed E-state index contributed by atoms with van der Waals surface area (Å²) in [5.74, 6) is 1.35. The van der Waals surface area contributed by atoms with Crippen LogP contribution in [0.25, 0.3) is 0 Å². The van der Waals surface area contributed by atoms with Crippen LogP contribution in [-0.4, -0.2) is 25.5 Å². The van der Waals surface area contributed by atoms with Crippen LogP contribution in [0.1, 0.15) is 50.0 Å². The molecule has 0 aliphatic carbocycles. The minimum Gasteiger partial charge on any atom is -0.463 e. The van der Waals surface area contributed by atoms with Crippen molar-refractivity contribution in [2.45, 2.75) is 51.6 Å². The van der Waals surface area contributed by atoms with Crippen LogP contribution in [0, 0.1) is 12.8 Å². The molecule has 0 bridgehead atoms. The Kier molecular flexibility index (Phi) is 5.74. The first-order valence-electron chi connectivity index (χ1n) is 9.31. The van der Waals surface area contributed by atoms with Crippen LogP contribution in [0.2, 0.25) is 0 Å². The van der Waals surface area contributed by atoms with Crippen molar-refractivity contribution in [1.82, 2.24) is 0 Å². The molecule has 0 amide bonds. The molecule has 1 aliphatic rings. The number of hydrogen-bond acceptors (Lipinski definition) is 3. The van der Waals surface area contributed by atoms with Gasteiger partial charge in [0.1, 0.15) is 5.76 Å². The fraction of sp³-hybridized carbons (Fsp3) is 0.500. The summed E-state index contributed by atoms with van der Waals surface area (Å²) in [4.78, 5) is 4.61. The van der Waals surface area contributed by atoms with Gasteiger partial charge in [-0.05, 0) is 49.8 Å². The minimum atomic E-state index is 0.154. The quantitative estimate of drug-likeness (QED) is 0.681. The predicted octanol–water partition coefficient (Wildman–Crippen LogP) is 5.17. The molecule has 0 spiro atoms. The lowest BCUT2D eigenvalue weighted by Gasteiger charge is -2.43. The number of aryl methyl sites for hydroxylation is 1. The number of benzene rings is 1. The highest BCUT2D eigenvalue weighted by Gasteiger charge is 2.39. The van der Waals surface area contributed by atoms with E-state index >= 15 is 0 Å². The Bertz CT molecular complexity index is 673. The van der Waals surface area contributed by atoms with Gasteiger partial charge in [-0.15, -0.1) is 0 Å². The summed E-state index contributed by atoms with van der Waals surface area (Å²) in [6.07, 6.45) is 7.02.